The van der Waals surface area contributed by atoms with Gasteiger partial charge in [-0.1, -0.05) is 82.2 Å². The van der Waals surface area contributed by atoms with Crippen LogP contribution in [0.15, 0.2) is 42.0 Å². The molecule has 0 bridgehead atoms. The van der Waals surface area contributed by atoms with E-state index in [0.29, 0.717) is 0 Å². The number of fused-ring (bicyclic) bond motifs is 1. The molecule has 1 nitrogen and oxygen atoms in total. The molecule has 1 aliphatic rings. The maximum absolute atomic E-state index is 12.4. The Hall–Kier alpha value is -1.63. The molecule has 2 rings (SSSR count). The highest BCUT2D eigenvalue weighted by molar-refractivity contribution is 6.11. The molecule has 0 spiro atoms. The molecule has 24 heavy (non-hydrogen) atoms. The molecular formula is C23H32O. The number of unbranched alkanes of at least 4 members (excludes halogenated alkanes) is 7. The highest BCUT2D eigenvalue weighted by Crippen LogP contribution is 2.36. The van der Waals surface area contributed by atoms with Crippen molar-refractivity contribution in [1.29, 1.82) is 0 Å². The van der Waals surface area contributed by atoms with Crippen molar-refractivity contribution in [2.24, 2.45) is 0 Å². The van der Waals surface area contributed by atoms with Crippen LogP contribution >= 0.6 is 0 Å². The Labute approximate surface area is 147 Å². The average Bonchev–Trinajstić information content (AvgIpc) is 2.96. The van der Waals surface area contributed by atoms with Gasteiger partial charge in [0.1, 0.15) is 0 Å². The van der Waals surface area contributed by atoms with Crippen LogP contribution in [-0.4, -0.2) is 5.78 Å². The van der Waals surface area contributed by atoms with E-state index >= 15 is 0 Å². The molecule has 0 aliphatic heterocycles. The van der Waals surface area contributed by atoms with E-state index in [1.165, 1.54) is 68.1 Å². The Kier molecular flexibility index (Phi) is 8.01. The lowest BCUT2D eigenvalue weighted by molar-refractivity contribution is -0.111. The first-order chi connectivity index (χ1) is 11.8. The van der Waals surface area contributed by atoms with Crippen molar-refractivity contribution in [3.05, 3.63) is 53.1 Å². The van der Waals surface area contributed by atoms with Gasteiger partial charge in [0.2, 0.25) is 0 Å². The van der Waals surface area contributed by atoms with Crippen molar-refractivity contribution >= 4 is 11.4 Å². The fourth-order valence-corrected chi connectivity index (χ4v) is 3.64. The predicted octanol–water partition coefficient (Wildman–Crippen LogP) is 6.67. The third-order valence-electron chi connectivity index (χ3n) is 4.97. The second kappa shape index (κ2) is 10.3. The van der Waals surface area contributed by atoms with Gasteiger partial charge >= 0.3 is 0 Å². The second-order valence-corrected chi connectivity index (χ2v) is 6.88. The van der Waals surface area contributed by atoms with Crippen molar-refractivity contribution < 1.29 is 4.79 Å². The van der Waals surface area contributed by atoms with E-state index in [0.717, 1.165) is 18.4 Å². The number of rotatable bonds is 11. The minimum atomic E-state index is 0.197. The van der Waals surface area contributed by atoms with Crippen molar-refractivity contribution in [1.82, 2.24) is 0 Å². The summed E-state index contributed by atoms with van der Waals surface area (Å²) in [7, 11) is 0. The quantitative estimate of drug-likeness (QED) is 0.328. The highest BCUT2D eigenvalue weighted by Gasteiger charge is 2.23. The molecule has 0 radical (unpaired) electrons. The van der Waals surface area contributed by atoms with Crippen LogP contribution in [0.5, 0.6) is 0 Å². The summed E-state index contributed by atoms with van der Waals surface area (Å²) in [6.45, 7) is 4.18. The van der Waals surface area contributed by atoms with Gasteiger partial charge in [-0.2, -0.15) is 0 Å². The van der Waals surface area contributed by atoms with E-state index in [4.69, 9.17) is 0 Å². The van der Waals surface area contributed by atoms with Crippen LogP contribution < -0.4 is 0 Å². The minimum Gasteiger partial charge on any atom is -0.290 e. The van der Waals surface area contributed by atoms with E-state index in [-0.39, 0.29) is 5.78 Å². The minimum absolute atomic E-state index is 0.197. The van der Waals surface area contributed by atoms with Crippen LogP contribution in [0, 0.1) is 0 Å². The van der Waals surface area contributed by atoms with Crippen molar-refractivity contribution in [3.8, 4) is 0 Å². The lowest BCUT2D eigenvalue weighted by Gasteiger charge is -2.08. The summed E-state index contributed by atoms with van der Waals surface area (Å²) in [5.74, 6) is 0.197. The smallest absolute Gasteiger partial charge is 0.182 e. The summed E-state index contributed by atoms with van der Waals surface area (Å²) >= 11 is 0. The number of ketones is 1. The van der Waals surface area contributed by atoms with Crippen LogP contribution in [0.2, 0.25) is 0 Å². The lowest BCUT2D eigenvalue weighted by atomic mass is 9.97. The van der Waals surface area contributed by atoms with Gasteiger partial charge in [-0.05, 0) is 42.5 Å². The van der Waals surface area contributed by atoms with Crippen LogP contribution in [0.4, 0.5) is 0 Å². The molecule has 0 saturated carbocycles. The van der Waals surface area contributed by atoms with Gasteiger partial charge in [0.25, 0.3) is 0 Å². The number of hydrogen-bond acceptors (Lipinski definition) is 1. The zero-order chi connectivity index (χ0) is 17.2. The summed E-state index contributed by atoms with van der Waals surface area (Å²) in [4.78, 5) is 12.4. The molecule has 0 aromatic heterocycles. The third kappa shape index (κ3) is 5.19. The molecule has 130 valence electrons. The van der Waals surface area contributed by atoms with Gasteiger partial charge < -0.3 is 0 Å². The number of benzene rings is 1. The van der Waals surface area contributed by atoms with Gasteiger partial charge in [0, 0.05) is 12.0 Å². The Morgan fingerprint density at radius 1 is 1.00 bits per heavy atom. The lowest BCUT2D eigenvalue weighted by Crippen LogP contribution is -2.00. The van der Waals surface area contributed by atoms with Crippen molar-refractivity contribution in [2.45, 2.75) is 78.1 Å². The summed E-state index contributed by atoms with van der Waals surface area (Å²) < 4.78 is 0. The van der Waals surface area contributed by atoms with E-state index in [1.807, 2.05) is 13.0 Å². The van der Waals surface area contributed by atoms with Crippen LogP contribution in [-0.2, 0) is 11.2 Å². The van der Waals surface area contributed by atoms with Gasteiger partial charge in [0.15, 0.2) is 5.78 Å². The predicted molar refractivity (Wildman–Crippen MR) is 104 cm³/mol. The zero-order valence-corrected chi connectivity index (χ0v) is 15.4. The second-order valence-electron chi connectivity index (χ2n) is 6.88. The maximum atomic E-state index is 12.4. The van der Waals surface area contributed by atoms with E-state index in [1.54, 1.807) is 6.08 Å². The van der Waals surface area contributed by atoms with Crippen LogP contribution in [0.3, 0.4) is 0 Å². The Balaban J connectivity index is 1.89. The fraction of sp³-hybridized carbons (Fsp3) is 0.522. The number of hydrogen-bond donors (Lipinski definition) is 0. The first-order valence-electron chi connectivity index (χ1n) is 9.75. The third-order valence-corrected chi connectivity index (χ3v) is 4.97. The fourth-order valence-electron chi connectivity index (χ4n) is 3.64. The summed E-state index contributed by atoms with van der Waals surface area (Å²) in [6.07, 6.45) is 16.1. The van der Waals surface area contributed by atoms with Gasteiger partial charge in [-0.15, -0.1) is 0 Å². The SMILES string of the molecule is C/C=C/C(=O)C1=C(CCCCCCCCCC)c2ccccc2C1. The molecule has 0 unspecified atom stereocenters. The van der Waals surface area contributed by atoms with Crippen LogP contribution in [0.25, 0.3) is 5.57 Å². The Morgan fingerprint density at radius 3 is 2.38 bits per heavy atom. The number of carbonyl (C=O) groups is 1. The van der Waals surface area contributed by atoms with E-state index in [2.05, 4.69) is 31.2 Å². The summed E-state index contributed by atoms with van der Waals surface area (Å²) in [5.41, 5.74) is 4.96. The monoisotopic (exact) mass is 324 g/mol. The molecule has 0 heterocycles. The average molecular weight is 325 g/mol. The number of allylic oxidation sites excluding steroid dienone is 4. The van der Waals surface area contributed by atoms with E-state index < -0.39 is 0 Å². The molecule has 0 N–H and O–H groups in total. The summed E-state index contributed by atoms with van der Waals surface area (Å²) in [6, 6.07) is 8.52. The molecule has 1 heteroatoms. The zero-order valence-electron chi connectivity index (χ0n) is 15.4. The van der Waals surface area contributed by atoms with Crippen molar-refractivity contribution in [3.63, 3.8) is 0 Å². The van der Waals surface area contributed by atoms with E-state index in [9.17, 15) is 4.79 Å². The maximum Gasteiger partial charge on any atom is 0.182 e. The van der Waals surface area contributed by atoms with Gasteiger partial charge in [0.05, 0.1) is 0 Å². The first-order valence-corrected chi connectivity index (χ1v) is 9.75. The van der Waals surface area contributed by atoms with Gasteiger partial charge in [-0.3, -0.25) is 4.79 Å². The number of carbonyl (C=O) groups excluding carboxylic acids is 1. The van der Waals surface area contributed by atoms with Gasteiger partial charge in [-0.25, -0.2) is 0 Å². The largest absolute Gasteiger partial charge is 0.290 e. The molecule has 0 fully saturated rings. The Morgan fingerprint density at radius 2 is 1.67 bits per heavy atom. The Bertz CT molecular complexity index is 592. The van der Waals surface area contributed by atoms with Crippen LogP contribution in [0.1, 0.15) is 82.8 Å². The van der Waals surface area contributed by atoms with Crippen molar-refractivity contribution in [2.75, 3.05) is 0 Å². The summed E-state index contributed by atoms with van der Waals surface area (Å²) in [5, 5.41) is 0. The molecule has 1 aromatic rings. The highest BCUT2D eigenvalue weighted by atomic mass is 16.1. The molecule has 0 atom stereocenters. The standard InChI is InChI=1S/C23H32O/c1-3-5-6-7-8-9-10-11-17-21-20-16-13-12-15-19(20)18-22(21)23(24)14-4-2/h4,12-16H,3,5-11,17-18H2,1-2H3/b14-4+. The molecule has 0 amide bonds. The first kappa shape index (κ1) is 18.7. The normalized spacial score (nSPS) is 13.8. The topological polar surface area (TPSA) is 17.1 Å². The molecule has 0 saturated heterocycles. The molecular weight excluding hydrogens is 292 g/mol. The molecule has 1 aromatic carbocycles. The molecule has 1 aliphatic carbocycles.